The van der Waals surface area contributed by atoms with E-state index in [1.54, 1.807) is 7.11 Å². The molecule has 1 rings (SSSR count). The van der Waals surface area contributed by atoms with Crippen molar-refractivity contribution >= 4 is 26.3 Å². The van der Waals surface area contributed by atoms with Gasteiger partial charge < -0.3 is 4.74 Å². The Labute approximate surface area is 101 Å². The SMILES string of the molecule is COc1ccc(PCCC(C)C)cc1.Cl. The van der Waals surface area contributed by atoms with Gasteiger partial charge >= 0.3 is 0 Å². The van der Waals surface area contributed by atoms with E-state index in [4.69, 9.17) is 4.74 Å². The van der Waals surface area contributed by atoms with Crippen LogP contribution in [0.5, 0.6) is 5.75 Å². The second-order valence-electron chi connectivity index (χ2n) is 3.84. The predicted octanol–water partition coefficient (Wildman–Crippen LogP) is 3.47. The van der Waals surface area contributed by atoms with Gasteiger partial charge in [0.1, 0.15) is 5.75 Å². The van der Waals surface area contributed by atoms with E-state index in [0.29, 0.717) is 0 Å². The zero-order valence-electron chi connectivity index (χ0n) is 9.62. The van der Waals surface area contributed by atoms with E-state index in [0.717, 1.165) is 20.2 Å². The van der Waals surface area contributed by atoms with Gasteiger partial charge in [0.25, 0.3) is 0 Å². The van der Waals surface area contributed by atoms with Crippen LogP contribution in [0.25, 0.3) is 0 Å². The average molecular weight is 247 g/mol. The summed E-state index contributed by atoms with van der Waals surface area (Å²) in [7, 11) is 2.64. The molecule has 0 aliphatic heterocycles. The Bertz CT molecular complexity index is 259. The number of benzene rings is 1. The Kier molecular flexibility index (Phi) is 7.82. The van der Waals surface area contributed by atoms with Crippen molar-refractivity contribution < 1.29 is 4.74 Å². The van der Waals surface area contributed by atoms with Crippen molar-refractivity contribution in [2.45, 2.75) is 20.3 Å². The molecule has 0 radical (unpaired) electrons. The van der Waals surface area contributed by atoms with Crippen molar-refractivity contribution in [1.29, 1.82) is 0 Å². The van der Waals surface area contributed by atoms with Crippen molar-refractivity contribution in [2.75, 3.05) is 13.3 Å². The maximum absolute atomic E-state index is 5.11. The van der Waals surface area contributed by atoms with Crippen LogP contribution in [0.1, 0.15) is 20.3 Å². The summed E-state index contributed by atoms with van der Waals surface area (Å²) in [4.78, 5) is 0. The van der Waals surface area contributed by atoms with Crippen LogP contribution in [-0.2, 0) is 0 Å². The molecule has 3 heteroatoms. The molecule has 0 spiro atoms. The third kappa shape index (κ3) is 6.02. The largest absolute Gasteiger partial charge is 0.497 e. The Morgan fingerprint density at radius 3 is 2.27 bits per heavy atom. The van der Waals surface area contributed by atoms with E-state index in [1.165, 1.54) is 17.9 Å². The summed E-state index contributed by atoms with van der Waals surface area (Å²) >= 11 is 0. The molecular formula is C12H20ClOP. The monoisotopic (exact) mass is 246 g/mol. The molecule has 15 heavy (non-hydrogen) atoms. The molecular weight excluding hydrogens is 227 g/mol. The third-order valence-corrected chi connectivity index (χ3v) is 3.42. The summed E-state index contributed by atoms with van der Waals surface area (Å²) in [5, 5.41) is 1.44. The maximum atomic E-state index is 5.11. The number of rotatable bonds is 5. The topological polar surface area (TPSA) is 9.23 Å². The Balaban J connectivity index is 0.00000196. The highest BCUT2D eigenvalue weighted by molar-refractivity contribution is 7.47. The van der Waals surface area contributed by atoms with Crippen molar-refractivity contribution in [1.82, 2.24) is 0 Å². The standard InChI is InChI=1S/C12H19OP.ClH/c1-10(2)8-9-14-12-6-4-11(13-3)5-7-12;/h4-7,10,14H,8-9H2,1-3H3;1H. The minimum Gasteiger partial charge on any atom is -0.497 e. The fraction of sp³-hybridized carbons (Fsp3) is 0.500. The van der Waals surface area contributed by atoms with Crippen molar-refractivity contribution in [3.8, 4) is 5.75 Å². The van der Waals surface area contributed by atoms with Gasteiger partial charge in [0.2, 0.25) is 0 Å². The van der Waals surface area contributed by atoms with E-state index >= 15 is 0 Å². The number of hydrogen-bond acceptors (Lipinski definition) is 1. The summed E-state index contributed by atoms with van der Waals surface area (Å²) in [6.45, 7) is 4.55. The molecule has 0 saturated heterocycles. The van der Waals surface area contributed by atoms with Gasteiger partial charge in [0.15, 0.2) is 0 Å². The lowest BCUT2D eigenvalue weighted by Gasteiger charge is -2.05. The first-order valence-electron chi connectivity index (χ1n) is 5.10. The van der Waals surface area contributed by atoms with E-state index in [2.05, 4.69) is 26.0 Å². The molecule has 0 aliphatic carbocycles. The van der Waals surface area contributed by atoms with Gasteiger partial charge in [0, 0.05) is 0 Å². The summed E-state index contributed by atoms with van der Waals surface area (Å²) < 4.78 is 5.11. The second-order valence-corrected chi connectivity index (χ2v) is 5.27. The van der Waals surface area contributed by atoms with Crippen molar-refractivity contribution in [3.63, 3.8) is 0 Å². The highest BCUT2D eigenvalue weighted by Crippen LogP contribution is 2.17. The number of methoxy groups -OCH3 is 1. The van der Waals surface area contributed by atoms with Crippen LogP contribution in [0.15, 0.2) is 24.3 Å². The minimum atomic E-state index is 0. The molecule has 0 bridgehead atoms. The fourth-order valence-corrected chi connectivity index (χ4v) is 2.63. The molecule has 1 aromatic carbocycles. The van der Waals surface area contributed by atoms with Gasteiger partial charge in [-0.2, -0.15) is 0 Å². The number of ether oxygens (including phenoxy) is 1. The predicted molar refractivity (Wildman–Crippen MR) is 72.5 cm³/mol. The summed E-state index contributed by atoms with van der Waals surface area (Å²) in [5.41, 5.74) is 0. The highest BCUT2D eigenvalue weighted by atomic mass is 35.5. The molecule has 1 aromatic rings. The molecule has 1 nitrogen and oxygen atoms in total. The first kappa shape index (κ1) is 14.7. The van der Waals surface area contributed by atoms with E-state index < -0.39 is 0 Å². The summed E-state index contributed by atoms with van der Waals surface area (Å²) in [6.07, 6.45) is 2.63. The summed E-state index contributed by atoms with van der Waals surface area (Å²) in [5.74, 6) is 1.77. The van der Waals surface area contributed by atoms with Gasteiger partial charge in [-0.25, -0.2) is 0 Å². The molecule has 0 fully saturated rings. The number of halogens is 1. The zero-order chi connectivity index (χ0) is 10.4. The van der Waals surface area contributed by atoms with Crippen molar-refractivity contribution in [3.05, 3.63) is 24.3 Å². The minimum absolute atomic E-state index is 0. The Morgan fingerprint density at radius 1 is 1.20 bits per heavy atom. The van der Waals surface area contributed by atoms with Crippen LogP contribution < -0.4 is 10.0 Å². The molecule has 0 heterocycles. The van der Waals surface area contributed by atoms with Crippen molar-refractivity contribution in [2.24, 2.45) is 5.92 Å². The molecule has 0 saturated carbocycles. The van der Waals surface area contributed by atoms with Crippen LogP contribution in [0.3, 0.4) is 0 Å². The molecule has 0 aliphatic rings. The normalized spacial score (nSPS) is 10.7. The van der Waals surface area contributed by atoms with Crippen LogP contribution in [0, 0.1) is 5.92 Å². The lowest BCUT2D eigenvalue weighted by molar-refractivity contribution is 0.415. The molecule has 86 valence electrons. The Morgan fingerprint density at radius 2 is 1.80 bits per heavy atom. The quantitative estimate of drug-likeness (QED) is 0.723. The highest BCUT2D eigenvalue weighted by Gasteiger charge is 1.96. The zero-order valence-corrected chi connectivity index (χ0v) is 11.4. The lowest BCUT2D eigenvalue weighted by Crippen LogP contribution is -1.97. The van der Waals surface area contributed by atoms with Gasteiger partial charge in [-0.05, 0) is 35.9 Å². The maximum Gasteiger partial charge on any atom is 0.118 e. The van der Waals surface area contributed by atoms with Gasteiger partial charge in [-0.3, -0.25) is 0 Å². The average Bonchev–Trinajstić information content (AvgIpc) is 2.18. The van der Waals surface area contributed by atoms with Crippen LogP contribution in [-0.4, -0.2) is 13.3 Å². The van der Waals surface area contributed by atoms with Crippen LogP contribution >= 0.6 is 21.0 Å². The molecule has 0 N–H and O–H groups in total. The Hall–Kier alpha value is -0.260. The molecule has 1 unspecified atom stereocenters. The smallest absolute Gasteiger partial charge is 0.118 e. The van der Waals surface area contributed by atoms with E-state index in [9.17, 15) is 0 Å². The number of hydrogen-bond donors (Lipinski definition) is 0. The van der Waals surface area contributed by atoms with E-state index in [-0.39, 0.29) is 12.4 Å². The van der Waals surface area contributed by atoms with Gasteiger partial charge in [-0.15, -0.1) is 12.4 Å². The lowest BCUT2D eigenvalue weighted by atomic mass is 10.2. The van der Waals surface area contributed by atoms with E-state index in [1.807, 2.05) is 12.1 Å². The van der Waals surface area contributed by atoms with Gasteiger partial charge in [0.05, 0.1) is 7.11 Å². The fourth-order valence-electron chi connectivity index (χ4n) is 1.21. The van der Waals surface area contributed by atoms with Crippen LogP contribution in [0.4, 0.5) is 0 Å². The van der Waals surface area contributed by atoms with Crippen LogP contribution in [0.2, 0.25) is 0 Å². The third-order valence-electron chi connectivity index (χ3n) is 2.14. The molecule has 0 aromatic heterocycles. The summed E-state index contributed by atoms with van der Waals surface area (Å²) in [6, 6.07) is 8.41. The molecule has 0 amide bonds. The first-order valence-corrected chi connectivity index (χ1v) is 6.31. The first-order chi connectivity index (χ1) is 6.72. The molecule has 1 atom stereocenters. The second kappa shape index (κ2) is 7.96. The van der Waals surface area contributed by atoms with Gasteiger partial charge in [-0.1, -0.05) is 34.6 Å².